The number of carbonyl (C=O) groups excluding carboxylic acids is 1. The summed E-state index contributed by atoms with van der Waals surface area (Å²) in [6, 6.07) is 4.88. The minimum atomic E-state index is -4.45. The number of allylic oxidation sites excluding steroid dienone is 3. The SMILES string of the molecule is C=CC(=CC=C(C)C(F)(F)F)C(=O)Nc1ccc2c(c1)B(O)OC2. The van der Waals surface area contributed by atoms with Gasteiger partial charge in [0.1, 0.15) is 0 Å². The number of nitrogens with one attached hydrogen (secondary N) is 1. The first-order valence-corrected chi connectivity index (χ1v) is 7.04. The summed E-state index contributed by atoms with van der Waals surface area (Å²) in [7, 11) is -1.05. The van der Waals surface area contributed by atoms with Crippen molar-refractivity contribution in [1.82, 2.24) is 0 Å². The Labute approximate surface area is 137 Å². The Balaban J connectivity index is 2.16. The summed E-state index contributed by atoms with van der Waals surface area (Å²) in [6.07, 6.45) is -1.41. The first kappa shape index (κ1) is 18.0. The van der Waals surface area contributed by atoms with E-state index in [-0.39, 0.29) is 12.2 Å². The van der Waals surface area contributed by atoms with Crippen molar-refractivity contribution in [2.24, 2.45) is 0 Å². The molecule has 0 bridgehead atoms. The molecule has 126 valence electrons. The zero-order valence-corrected chi connectivity index (χ0v) is 12.9. The van der Waals surface area contributed by atoms with Crippen LogP contribution in [0.2, 0.25) is 0 Å². The third kappa shape index (κ3) is 4.15. The quantitative estimate of drug-likeness (QED) is 0.504. The summed E-state index contributed by atoms with van der Waals surface area (Å²) in [4.78, 5) is 12.1. The lowest BCUT2D eigenvalue weighted by molar-refractivity contribution is -0.112. The third-order valence-corrected chi connectivity index (χ3v) is 3.51. The molecule has 1 aromatic carbocycles. The van der Waals surface area contributed by atoms with Gasteiger partial charge in [0.2, 0.25) is 0 Å². The number of carbonyl (C=O) groups is 1. The number of amides is 1. The Morgan fingerprint density at radius 3 is 2.75 bits per heavy atom. The molecule has 2 rings (SSSR count). The van der Waals surface area contributed by atoms with Crippen molar-refractivity contribution in [3.05, 3.63) is 59.7 Å². The monoisotopic (exact) mass is 337 g/mol. The number of fused-ring (bicyclic) bond motifs is 1. The van der Waals surface area contributed by atoms with Gasteiger partial charge in [-0.3, -0.25) is 4.79 Å². The standard InChI is InChI=1S/C16H15BF3NO3/c1-3-11(5-4-10(2)16(18,19)20)15(22)21-13-7-6-12-9-24-17(23)14(12)8-13/h3-8,23H,1,9H2,2H3,(H,21,22). The summed E-state index contributed by atoms with van der Waals surface area (Å²) < 4.78 is 42.4. The summed E-state index contributed by atoms with van der Waals surface area (Å²) in [6.45, 7) is 4.63. The maximum absolute atomic E-state index is 12.5. The predicted molar refractivity (Wildman–Crippen MR) is 85.6 cm³/mol. The molecule has 1 aliphatic rings. The van der Waals surface area contributed by atoms with Gasteiger partial charge in [0.25, 0.3) is 5.91 Å². The van der Waals surface area contributed by atoms with Crippen molar-refractivity contribution in [3.8, 4) is 0 Å². The fraction of sp³-hybridized carbons (Fsp3) is 0.188. The fourth-order valence-corrected chi connectivity index (χ4v) is 2.04. The number of hydrogen-bond donors (Lipinski definition) is 2. The molecule has 4 nitrogen and oxygen atoms in total. The lowest BCUT2D eigenvalue weighted by Gasteiger charge is -2.08. The van der Waals surface area contributed by atoms with Gasteiger partial charge in [0.05, 0.1) is 6.61 Å². The van der Waals surface area contributed by atoms with E-state index in [2.05, 4.69) is 11.9 Å². The number of benzene rings is 1. The second-order valence-corrected chi connectivity index (χ2v) is 5.20. The van der Waals surface area contributed by atoms with E-state index in [0.717, 1.165) is 24.6 Å². The van der Waals surface area contributed by atoms with Crippen LogP contribution in [0.25, 0.3) is 0 Å². The van der Waals surface area contributed by atoms with E-state index in [0.29, 0.717) is 11.2 Å². The minimum Gasteiger partial charge on any atom is -0.423 e. The lowest BCUT2D eigenvalue weighted by Crippen LogP contribution is -2.28. The van der Waals surface area contributed by atoms with E-state index in [1.54, 1.807) is 18.2 Å². The van der Waals surface area contributed by atoms with Gasteiger partial charge in [-0.15, -0.1) is 0 Å². The molecule has 0 saturated carbocycles. The number of halogens is 3. The minimum absolute atomic E-state index is 0.0177. The molecule has 0 aromatic heterocycles. The molecule has 0 atom stereocenters. The molecule has 0 fully saturated rings. The zero-order chi connectivity index (χ0) is 17.9. The van der Waals surface area contributed by atoms with Crippen molar-refractivity contribution in [1.29, 1.82) is 0 Å². The van der Waals surface area contributed by atoms with E-state index in [1.807, 2.05) is 0 Å². The van der Waals surface area contributed by atoms with Gasteiger partial charge in [-0.2, -0.15) is 13.2 Å². The molecule has 0 radical (unpaired) electrons. The van der Waals surface area contributed by atoms with Gasteiger partial charge in [0, 0.05) is 16.8 Å². The van der Waals surface area contributed by atoms with Crippen molar-refractivity contribution >= 4 is 24.2 Å². The van der Waals surface area contributed by atoms with Crippen LogP contribution < -0.4 is 10.8 Å². The highest BCUT2D eigenvalue weighted by atomic mass is 19.4. The summed E-state index contributed by atoms with van der Waals surface area (Å²) in [5.74, 6) is -0.607. The Morgan fingerprint density at radius 1 is 1.42 bits per heavy atom. The normalized spacial score (nSPS) is 15.3. The molecule has 0 spiro atoms. The van der Waals surface area contributed by atoms with E-state index in [9.17, 15) is 23.0 Å². The highest BCUT2D eigenvalue weighted by molar-refractivity contribution is 6.61. The van der Waals surface area contributed by atoms with Crippen LogP contribution in [0.1, 0.15) is 12.5 Å². The maximum atomic E-state index is 12.5. The molecule has 1 amide bonds. The molecule has 24 heavy (non-hydrogen) atoms. The highest BCUT2D eigenvalue weighted by Gasteiger charge is 2.29. The Kier molecular flexibility index (Phi) is 5.31. The smallest absolute Gasteiger partial charge is 0.423 e. The first-order valence-electron chi connectivity index (χ1n) is 7.04. The zero-order valence-electron chi connectivity index (χ0n) is 12.9. The lowest BCUT2D eigenvalue weighted by atomic mass is 9.79. The largest absolute Gasteiger partial charge is 0.491 e. The van der Waals surface area contributed by atoms with E-state index >= 15 is 0 Å². The van der Waals surface area contributed by atoms with Gasteiger partial charge in [-0.05, 0) is 36.2 Å². The predicted octanol–water partition coefficient (Wildman–Crippen LogP) is 2.46. The van der Waals surface area contributed by atoms with Gasteiger partial charge >= 0.3 is 13.3 Å². The van der Waals surface area contributed by atoms with Crippen LogP contribution in [0, 0.1) is 0 Å². The second-order valence-electron chi connectivity index (χ2n) is 5.20. The fourth-order valence-electron chi connectivity index (χ4n) is 2.04. The first-order chi connectivity index (χ1) is 11.2. The average Bonchev–Trinajstić information content (AvgIpc) is 2.88. The van der Waals surface area contributed by atoms with Crippen LogP contribution >= 0.6 is 0 Å². The van der Waals surface area contributed by atoms with Crippen molar-refractivity contribution in [2.75, 3.05) is 5.32 Å². The molecule has 0 saturated heterocycles. The number of hydrogen-bond acceptors (Lipinski definition) is 3. The summed E-state index contributed by atoms with van der Waals surface area (Å²) in [5.41, 5.74) is 0.907. The van der Waals surface area contributed by atoms with E-state index in [4.69, 9.17) is 4.65 Å². The second kappa shape index (κ2) is 7.06. The number of alkyl halides is 3. The van der Waals surface area contributed by atoms with Crippen molar-refractivity contribution < 1.29 is 27.6 Å². The van der Waals surface area contributed by atoms with Crippen LogP contribution in [0.4, 0.5) is 18.9 Å². The number of rotatable bonds is 4. The van der Waals surface area contributed by atoms with Crippen LogP contribution in [0.5, 0.6) is 0 Å². The molecular weight excluding hydrogens is 322 g/mol. The topological polar surface area (TPSA) is 58.6 Å². The molecule has 0 unspecified atom stereocenters. The van der Waals surface area contributed by atoms with Crippen LogP contribution in [-0.4, -0.2) is 24.2 Å². The Morgan fingerprint density at radius 2 is 2.12 bits per heavy atom. The molecule has 2 N–H and O–H groups in total. The molecule has 1 heterocycles. The Bertz CT molecular complexity index is 726. The van der Waals surface area contributed by atoms with Gasteiger partial charge < -0.3 is 15.0 Å². The third-order valence-electron chi connectivity index (χ3n) is 3.51. The molecular formula is C16H15BF3NO3. The van der Waals surface area contributed by atoms with Crippen LogP contribution in [0.15, 0.2) is 54.2 Å². The number of anilines is 1. The molecule has 1 aromatic rings. The van der Waals surface area contributed by atoms with Crippen LogP contribution in [-0.2, 0) is 16.1 Å². The average molecular weight is 337 g/mol. The molecule has 1 aliphatic heterocycles. The Hall–Kier alpha value is -2.32. The van der Waals surface area contributed by atoms with Crippen LogP contribution in [0.3, 0.4) is 0 Å². The van der Waals surface area contributed by atoms with Gasteiger partial charge in [-0.25, -0.2) is 0 Å². The van der Waals surface area contributed by atoms with Gasteiger partial charge in [-0.1, -0.05) is 24.8 Å². The van der Waals surface area contributed by atoms with E-state index < -0.39 is 24.8 Å². The van der Waals surface area contributed by atoms with Crippen molar-refractivity contribution in [3.63, 3.8) is 0 Å². The maximum Gasteiger partial charge on any atom is 0.491 e. The molecule has 8 heteroatoms. The summed E-state index contributed by atoms with van der Waals surface area (Å²) in [5, 5.41) is 12.2. The van der Waals surface area contributed by atoms with E-state index in [1.165, 1.54) is 6.08 Å². The van der Waals surface area contributed by atoms with Crippen molar-refractivity contribution in [2.45, 2.75) is 19.7 Å². The summed E-state index contributed by atoms with van der Waals surface area (Å²) >= 11 is 0. The molecule has 0 aliphatic carbocycles. The van der Waals surface area contributed by atoms with Gasteiger partial charge in [0.15, 0.2) is 0 Å². The highest BCUT2D eigenvalue weighted by Crippen LogP contribution is 2.25.